The summed E-state index contributed by atoms with van der Waals surface area (Å²) in [4.78, 5) is 25.3. The summed E-state index contributed by atoms with van der Waals surface area (Å²) in [5, 5.41) is 2.96. The SMILES string of the molecule is CN(C)CCCNC(=O)c1ccc(N2C(N)=NC(N)=NC23CCCCC3)cc1. The minimum Gasteiger partial charge on any atom is -0.369 e. The molecular weight excluding hydrogens is 354 g/mol. The third-order valence-electron chi connectivity index (χ3n) is 5.31. The van der Waals surface area contributed by atoms with Crippen LogP contribution >= 0.6 is 0 Å². The van der Waals surface area contributed by atoms with Crippen molar-refractivity contribution in [2.45, 2.75) is 44.2 Å². The fourth-order valence-corrected chi connectivity index (χ4v) is 3.96. The molecule has 1 saturated carbocycles. The lowest BCUT2D eigenvalue weighted by Gasteiger charge is -2.45. The molecule has 1 aliphatic carbocycles. The Kier molecular flexibility index (Phi) is 6.18. The van der Waals surface area contributed by atoms with Gasteiger partial charge in [-0.25, -0.2) is 4.99 Å². The molecule has 1 aliphatic heterocycles. The number of aliphatic imine (C=N–C) groups is 2. The number of hydrogen-bond acceptors (Lipinski definition) is 7. The van der Waals surface area contributed by atoms with Gasteiger partial charge >= 0.3 is 0 Å². The Morgan fingerprint density at radius 1 is 1.18 bits per heavy atom. The lowest BCUT2D eigenvalue weighted by molar-refractivity contribution is 0.0952. The van der Waals surface area contributed by atoms with Crippen molar-refractivity contribution in [1.29, 1.82) is 0 Å². The first-order valence-electron chi connectivity index (χ1n) is 9.94. The largest absolute Gasteiger partial charge is 0.369 e. The average molecular weight is 386 g/mol. The van der Waals surface area contributed by atoms with Crippen molar-refractivity contribution in [1.82, 2.24) is 10.2 Å². The van der Waals surface area contributed by atoms with Gasteiger partial charge in [0.15, 0.2) is 0 Å². The maximum absolute atomic E-state index is 12.4. The van der Waals surface area contributed by atoms with Crippen LogP contribution in [0.25, 0.3) is 0 Å². The van der Waals surface area contributed by atoms with Crippen LogP contribution in [0.15, 0.2) is 34.3 Å². The Balaban J connectivity index is 1.73. The topological polar surface area (TPSA) is 112 Å². The highest BCUT2D eigenvalue weighted by atomic mass is 16.1. The summed E-state index contributed by atoms with van der Waals surface area (Å²) >= 11 is 0. The number of nitrogens with zero attached hydrogens (tertiary/aromatic N) is 4. The molecule has 0 unspecified atom stereocenters. The van der Waals surface area contributed by atoms with Gasteiger partial charge in [-0.15, -0.1) is 0 Å². The Hall–Kier alpha value is -2.61. The van der Waals surface area contributed by atoms with Crippen molar-refractivity contribution in [3.63, 3.8) is 0 Å². The van der Waals surface area contributed by atoms with Gasteiger partial charge < -0.3 is 21.7 Å². The molecule has 0 aromatic heterocycles. The van der Waals surface area contributed by atoms with E-state index in [4.69, 9.17) is 11.5 Å². The number of benzene rings is 1. The molecule has 0 bridgehead atoms. The Morgan fingerprint density at radius 3 is 2.50 bits per heavy atom. The third kappa shape index (κ3) is 4.44. The Morgan fingerprint density at radius 2 is 1.86 bits per heavy atom. The Labute approximate surface area is 166 Å². The minimum atomic E-state index is -0.468. The summed E-state index contributed by atoms with van der Waals surface area (Å²) < 4.78 is 0. The molecule has 8 nitrogen and oxygen atoms in total. The molecule has 2 aliphatic rings. The molecule has 1 fully saturated rings. The van der Waals surface area contributed by atoms with E-state index in [0.717, 1.165) is 44.3 Å². The second-order valence-corrected chi connectivity index (χ2v) is 7.78. The first-order chi connectivity index (χ1) is 13.4. The highest BCUT2D eigenvalue weighted by Crippen LogP contribution is 2.39. The predicted octanol–water partition coefficient (Wildman–Crippen LogP) is 1.48. The van der Waals surface area contributed by atoms with Crippen molar-refractivity contribution in [2.75, 3.05) is 32.1 Å². The maximum Gasteiger partial charge on any atom is 0.251 e. The maximum atomic E-state index is 12.4. The third-order valence-corrected chi connectivity index (χ3v) is 5.31. The highest BCUT2D eigenvalue weighted by molar-refractivity contribution is 6.05. The van der Waals surface area contributed by atoms with Crippen LogP contribution in [0, 0.1) is 0 Å². The van der Waals surface area contributed by atoms with Crippen molar-refractivity contribution < 1.29 is 4.79 Å². The summed E-state index contributed by atoms with van der Waals surface area (Å²) in [5.41, 5.74) is 13.2. The fourth-order valence-electron chi connectivity index (χ4n) is 3.96. The van der Waals surface area contributed by atoms with E-state index in [2.05, 4.69) is 20.2 Å². The summed E-state index contributed by atoms with van der Waals surface area (Å²) in [7, 11) is 4.04. The first-order valence-corrected chi connectivity index (χ1v) is 9.94. The van der Waals surface area contributed by atoms with E-state index < -0.39 is 5.66 Å². The zero-order valence-electron chi connectivity index (χ0n) is 16.8. The molecule has 0 radical (unpaired) electrons. The van der Waals surface area contributed by atoms with Crippen LogP contribution in [0.2, 0.25) is 0 Å². The number of hydrogen-bond donors (Lipinski definition) is 3. The normalized spacial score (nSPS) is 18.8. The van der Waals surface area contributed by atoms with Gasteiger partial charge in [0.2, 0.25) is 11.9 Å². The smallest absolute Gasteiger partial charge is 0.251 e. The van der Waals surface area contributed by atoms with Crippen LogP contribution in [0.1, 0.15) is 48.9 Å². The number of amides is 1. The number of anilines is 1. The summed E-state index contributed by atoms with van der Waals surface area (Å²) in [6.07, 6.45) is 6.03. The van der Waals surface area contributed by atoms with Gasteiger partial charge in [0.1, 0.15) is 5.66 Å². The fraction of sp³-hybridized carbons (Fsp3) is 0.550. The Bertz CT molecular complexity index is 748. The predicted molar refractivity (Wildman–Crippen MR) is 113 cm³/mol. The monoisotopic (exact) mass is 385 g/mol. The van der Waals surface area contributed by atoms with Gasteiger partial charge in [-0.1, -0.05) is 6.42 Å². The van der Waals surface area contributed by atoms with Crippen molar-refractivity contribution in [3.05, 3.63) is 29.8 Å². The number of carbonyl (C=O) groups is 1. The van der Waals surface area contributed by atoms with Gasteiger partial charge in [-0.05, 0) is 77.0 Å². The molecule has 1 aromatic rings. The van der Waals surface area contributed by atoms with Crippen LogP contribution in [0.4, 0.5) is 5.69 Å². The van der Waals surface area contributed by atoms with E-state index in [1.54, 1.807) is 0 Å². The van der Waals surface area contributed by atoms with Crippen LogP contribution in [0.5, 0.6) is 0 Å². The molecule has 0 atom stereocenters. The van der Waals surface area contributed by atoms with Crippen LogP contribution in [-0.4, -0.2) is 55.6 Å². The van der Waals surface area contributed by atoms with Gasteiger partial charge in [0, 0.05) is 17.8 Å². The molecule has 5 N–H and O–H groups in total. The second kappa shape index (κ2) is 8.60. The van der Waals surface area contributed by atoms with Crippen molar-refractivity contribution >= 4 is 23.5 Å². The number of carbonyl (C=O) groups excluding carboxylic acids is 1. The van der Waals surface area contributed by atoms with Gasteiger partial charge in [-0.3, -0.25) is 9.69 Å². The number of nitrogens with two attached hydrogens (primary N) is 2. The van der Waals surface area contributed by atoms with E-state index in [-0.39, 0.29) is 11.9 Å². The molecular formula is C20H31N7O. The molecule has 1 amide bonds. The van der Waals surface area contributed by atoms with E-state index in [1.807, 2.05) is 43.3 Å². The second-order valence-electron chi connectivity index (χ2n) is 7.78. The quantitative estimate of drug-likeness (QED) is 0.642. The minimum absolute atomic E-state index is 0.0692. The number of guanidine groups is 2. The van der Waals surface area contributed by atoms with Crippen molar-refractivity contribution in [2.24, 2.45) is 21.5 Å². The van der Waals surface area contributed by atoms with Crippen LogP contribution < -0.4 is 21.7 Å². The average Bonchev–Trinajstić information content (AvgIpc) is 2.65. The molecule has 8 heteroatoms. The summed E-state index contributed by atoms with van der Waals surface area (Å²) in [6.45, 7) is 1.60. The lowest BCUT2D eigenvalue weighted by Crippen LogP contribution is -2.58. The number of rotatable bonds is 6. The summed E-state index contributed by atoms with van der Waals surface area (Å²) in [6, 6.07) is 7.46. The highest BCUT2D eigenvalue weighted by Gasteiger charge is 2.42. The lowest BCUT2D eigenvalue weighted by atomic mass is 9.87. The van der Waals surface area contributed by atoms with Gasteiger partial charge in [-0.2, -0.15) is 4.99 Å². The molecule has 1 heterocycles. The molecule has 1 aromatic carbocycles. The molecule has 3 rings (SSSR count). The molecule has 1 spiro atoms. The molecule has 0 saturated heterocycles. The van der Waals surface area contributed by atoms with Gasteiger partial charge in [0.25, 0.3) is 5.91 Å². The standard InChI is InChI=1S/C20H31N7O/c1-26(2)14-6-13-23-17(28)15-7-9-16(10-8-15)27-19(22)24-18(21)25-20(27)11-4-3-5-12-20/h7-10H,3-6,11-14H2,1-2H3,(H,23,28)(H4,21,22,24,25). The summed E-state index contributed by atoms with van der Waals surface area (Å²) in [5.74, 6) is 0.528. The van der Waals surface area contributed by atoms with E-state index in [1.165, 1.54) is 6.42 Å². The number of nitrogens with one attached hydrogen (secondary N) is 1. The van der Waals surface area contributed by atoms with E-state index >= 15 is 0 Å². The van der Waals surface area contributed by atoms with Gasteiger partial charge in [0.05, 0.1) is 0 Å². The van der Waals surface area contributed by atoms with Crippen LogP contribution in [0.3, 0.4) is 0 Å². The molecule has 152 valence electrons. The van der Waals surface area contributed by atoms with E-state index in [9.17, 15) is 4.79 Å². The van der Waals surface area contributed by atoms with Crippen molar-refractivity contribution in [3.8, 4) is 0 Å². The van der Waals surface area contributed by atoms with Crippen LogP contribution in [-0.2, 0) is 0 Å². The molecule has 28 heavy (non-hydrogen) atoms. The zero-order valence-corrected chi connectivity index (χ0v) is 16.8. The first kappa shape index (κ1) is 20.1. The van der Waals surface area contributed by atoms with E-state index in [0.29, 0.717) is 18.1 Å². The zero-order chi connectivity index (χ0) is 20.1.